The highest BCUT2D eigenvalue weighted by Gasteiger charge is 2.26. The Hall–Kier alpha value is -0.910. The summed E-state index contributed by atoms with van der Waals surface area (Å²) in [5.41, 5.74) is 1.10. The van der Waals surface area contributed by atoms with Crippen LogP contribution in [0.25, 0.3) is 0 Å². The Morgan fingerprint density at radius 3 is 2.10 bits per heavy atom. The number of nitrogens with zero attached hydrogens (tertiary/aromatic N) is 1. The molecule has 0 fully saturated rings. The third kappa shape index (κ3) is 4.28. The third-order valence-electron chi connectivity index (χ3n) is 3.89. The largest absolute Gasteiger partial charge is 0.310 e. The van der Waals surface area contributed by atoms with Crippen molar-refractivity contribution in [1.29, 1.82) is 0 Å². The molecular formula is C16H28N2O2S. The molecule has 1 N–H and O–H groups in total. The molecule has 0 spiro atoms. The molecule has 2 unspecified atom stereocenters. The van der Waals surface area contributed by atoms with Gasteiger partial charge >= 0.3 is 0 Å². The van der Waals surface area contributed by atoms with E-state index < -0.39 is 10.0 Å². The lowest BCUT2D eigenvalue weighted by Crippen LogP contribution is -2.38. The molecule has 1 aromatic carbocycles. The quantitative estimate of drug-likeness (QED) is 0.802. The predicted octanol–water partition coefficient (Wildman–Crippen LogP) is 3.17. The van der Waals surface area contributed by atoms with E-state index in [0.717, 1.165) is 18.5 Å². The molecule has 0 bridgehead atoms. The predicted molar refractivity (Wildman–Crippen MR) is 87.9 cm³/mol. The lowest BCUT2D eigenvalue weighted by atomic mass is 10.1. The second-order valence-electron chi connectivity index (χ2n) is 5.31. The van der Waals surface area contributed by atoms with Crippen molar-refractivity contribution in [1.82, 2.24) is 9.62 Å². The van der Waals surface area contributed by atoms with Gasteiger partial charge in [0, 0.05) is 18.6 Å². The van der Waals surface area contributed by atoms with Gasteiger partial charge in [0.15, 0.2) is 0 Å². The molecular weight excluding hydrogens is 284 g/mol. The highest BCUT2D eigenvalue weighted by atomic mass is 32.2. The molecule has 0 aromatic heterocycles. The second-order valence-corrected chi connectivity index (χ2v) is 7.20. The average molecular weight is 312 g/mol. The summed E-state index contributed by atoms with van der Waals surface area (Å²) < 4.78 is 26.9. The van der Waals surface area contributed by atoms with E-state index in [1.807, 2.05) is 32.9 Å². The first-order chi connectivity index (χ1) is 9.88. The van der Waals surface area contributed by atoms with Gasteiger partial charge in [-0.15, -0.1) is 0 Å². The number of rotatable bonds is 8. The fourth-order valence-corrected chi connectivity index (χ4v) is 4.12. The van der Waals surface area contributed by atoms with Crippen molar-refractivity contribution in [2.24, 2.45) is 0 Å². The Labute approximate surface area is 129 Å². The lowest BCUT2D eigenvalue weighted by molar-refractivity contribution is 0.342. The van der Waals surface area contributed by atoms with Gasteiger partial charge in [-0.1, -0.05) is 32.9 Å². The van der Waals surface area contributed by atoms with Crippen LogP contribution in [0.2, 0.25) is 0 Å². The molecule has 0 radical (unpaired) electrons. The molecule has 1 aromatic rings. The maximum Gasteiger partial charge on any atom is 0.243 e. The summed E-state index contributed by atoms with van der Waals surface area (Å²) in [4.78, 5) is 0.372. The molecule has 0 saturated heterocycles. The molecule has 21 heavy (non-hydrogen) atoms. The number of hydrogen-bond acceptors (Lipinski definition) is 3. The van der Waals surface area contributed by atoms with E-state index in [4.69, 9.17) is 0 Å². The van der Waals surface area contributed by atoms with E-state index in [-0.39, 0.29) is 12.1 Å². The molecule has 4 nitrogen and oxygen atoms in total. The van der Waals surface area contributed by atoms with Gasteiger partial charge in [-0.05, 0) is 44.5 Å². The van der Waals surface area contributed by atoms with E-state index in [1.165, 1.54) is 0 Å². The first kappa shape index (κ1) is 18.1. The Morgan fingerprint density at radius 2 is 1.67 bits per heavy atom. The molecule has 0 heterocycles. The first-order valence-corrected chi connectivity index (χ1v) is 9.17. The maximum absolute atomic E-state index is 12.7. The van der Waals surface area contributed by atoms with E-state index in [9.17, 15) is 8.42 Å². The van der Waals surface area contributed by atoms with Gasteiger partial charge in [0.05, 0.1) is 4.90 Å². The molecule has 0 aliphatic heterocycles. The maximum atomic E-state index is 12.7. The normalized spacial score (nSPS) is 15.1. The monoisotopic (exact) mass is 312 g/mol. The van der Waals surface area contributed by atoms with Gasteiger partial charge in [0.2, 0.25) is 10.0 Å². The van der Waals surface area contributed by atoms with Gasteiger partial charge in [-0.3, -0.25) is 0 Å². The van der Waals surface area contributed by atoms with Gasteiger partial charge in [-0.25, -0.2) is 8.42 Å². The molecule has 5 heteroatoms. The highest BCUT2D eigenvalue weighted by molar-refractivity contribution is 7.89. The fourth-order valence-electron chi connectivity index (χ4n) is 2.41. The van der Waals surface area contributed by atoms with Crippen molar-refractivity contribution in [3.8, 4) is 0 Å². The van der Waals surface area contributed by atoms with Crippen LogP contribution in [0.5, 0.6) is 0 Å². The van der Waals surface area contributed by atoms with Crippen molar-refractivity contribution in [2.75, 3.05) is 13.1 Å². The average Bonchev–Trinajstić information content (AvgIpc) is 2.47. The zero-order valence-corrected chi connectivity index (χ0v) is 14.6. The van der Waals surface area contributed by atoms with Crippen molar-refractivity contribution >= 4 is 10.0 Å². The summed E-state index contributed by atoms with van der Waals surface area (Å²) in [6.45, 7) is 11.3. The minimum Gasteiger partial charge on any atom is -0.310 e. The highest BCUT2D eigenvalue weighted by Crippen LogP contribution is 2.21. The molecule has 2 atom stereocenters. The van der Waals surface area contributed by atoms with Crippen LogP contribution in [0.4, 0.5) is 0 Å². The summed E-state index contributed by atoms with van der Waals surface area (Å²) in [6, 6.07) is 7.45. The van der Waals surface area contributed by atoms with Gasteiger partial charge in [0.25, 0.3) is 0 Å². The van der Waals surface area contributed by atoms with E-state index in [2.05, 4.69) is 19.2 Å². The SMILES string of the molecule is CCNC(C)c1ccc(S(=O)(=O)N(CC)C(C)CC)cc1. The van der Waals surface area contributed by atoms with Crippen LogP contribution in [0, 0.1) is 0 Å². The summed E-state index contributed by atoms with van der Waals surface area (Å²) in [7, 11) is -3.40. The Morgan fingerprint density at radius 1 is 1.10 bits per heavy atom. The van der Waals surface area contributed by atoms with Gasteiger partial charge in [-0.2, -0.15) is 4.31 Å². The van der Waals surface area contributed by atoms with Crippen LogP contribution in [-0.2, 0) is 10.0 Å². The zero-order valence-electron chi connectivity index (χ0n) is 13.8. The van der Waals surface area contributed by atoms with Crippen LogP contribution >= 0.6 is 0 Å². The standard InChI is InChI=1S/C16H28N2O2S/c1-6-13(4)18(8-3)21(19,20)16-11-9-15(10-12-16)14(5)17-7-2/h9-14,17H,6-8H2,1-5H3. The number of benzene rings is 1. The van der Waals surface area contributed by atoms with Crippen molar-refractivity contribution < 1.29 is 8.42 Å². The van der Waals surface area contributed by atoms with Crippen LogP contribution in [-0.4, -0.2) is 31.9 Å². The number of nitrogens with one attached hydrogen (secondary N) is 1. The second kappa shape index (κ2) is 7.92. The molecule has 0 amide bonds. The molecule has 0 aliphatic rings. The minimum atomic E-state index is -3.40. The van der Waals surface area contributed by atoms with E-state index >= 15 is 0 Å². The number of sulfonamides is 1. The first-order valence-electron chi connectivity index (χ1n) is 7.73. The van der Waals surface area contributed by atoms with Gasteiger partial charge in [0.1, 0.15) is 0 Å². The summed E-state index contributed by atoms with van der Waals surface area (Å²) in [5, 5.41) is 3.32. The summed E-state index contributed by atoms with van der Waals surface area (Å²) in [5.74, 6) is 0. The molecule has 120 valence electrons. The smallest absolute Gasteiger partial charge is 0.243 e. The van der Waals surface area contributed by atoms with Crippen LogP contribution in [0.3, 0.4) is 0 Å². The van der Waals surface area contributed by atoms with Crippen molar-refractivity contribution in [3.63, 3.8) is 0 Å². The lowest BCUT2D eigenvalue weighted by Gasteiger charge is -2.26. The third-order valence-corrected chi connectivity index (χ3v) is 5.99. The molecule has 0 aliphatic carbocycles. The zero-order chi connectivity index (χ0) is 16.0. The van der Waals surface area contributed by atoms with Crippen LogP contribution in [0.1, 0.15) is 52.6 Å². The minimum absolute atomic E-state index is 0.0142. The van der Waals surface area contributed by atoms with E-state index in [1.54, 1.807) is 16.4 Å². The Bertz CT molecular complexity index is 526. The summed E-state index contributed by atoms with van der Waals surface area (Å²) >= 11 is 0. The summed E-state index contributed by atoms with van der Waals surface area (Å²) in [6.07, 6.45) is 0.808. The van der Waals surface area contributed by atoms with Crippen LogP contribution in [0.15, 0.2) is 29.2 Å². The Kier molecular flexibility index (Phi) is 6.84. The topological polar surface area (TPSA) is 49.4 Å². The molecule has 1 rings (SSSR count). The van der Waals surface area contributed by atoms with Crippen molar-refractivity contribution in [2.45, 2.75) is 58.0 Å². The Balaban J connectivity index is 3.04. The fraction of sp³-hybridized carbons (Fsp3) is 0.625. The van der Waals surface area contributed by atoms with Crippen molar-refractivity contribution in [3.05, 3.63) is 29.8 Å². The van der Waals surface area contributed by atoms with E-state index in [0.29, 0.717) is 11.4 Å². The van der Waals surface area contributed by atoms with Gasteiger partial charge < -0.3 is 5.32 Å². The number of hydrogen-bond donors (Lipinski definition) is 1. The van der Waals surface area contributed by atoms with Crippen LogP contribution < -0.4 is 5.32 Å². The molecule has 0 saturated carbocycles.